The van der Waals surface area contributed by atoms with Crippen LogP contribution in [0.15, 0.2) is 21.2 Å². The Hall–Kier alpha value is -1.74. The van der Waals surface area contributed by atoms with E-state index in [-0.39, 0.29) is 0 Å². The second-order valence-electron chi connectivity index (χ2n) is 6.50. The molecule has 0 spiro atoms. The first-order valence-corrected chi connectivity index (χ1v) is 9.86. The standard InChI is InChI=1S/C20H32N2O6/c1-17-15-19(21-27-17)6-11-24-9-4-10-25-12-7-20-16-18(22-28-20)5-3-8-26-14-13-23-2/h15-16H,3-14H2,1-2H3. The number of aryl methyl sites for hydroxylation is 2. The Morgan fingerprint density at radius 2 is 1.39 bits per heavy atom. The lowest BCUT2D eigenvalue weighted by atomic mass is 10.2. The van der Waals surface area contributed by atoms with E-state index < -0.39 is 0 Å². The van der Waals surface area contributed by atoms with Crippen LogP contribution in [0.3, 0.4) is 0 Å². The van der Waals surface area contributed by atoms with Crippen molar-refractivity contribution in [2.75, 3.05) is 53.4 Å². The molecule has 0 saturated carbocycles. The molecule has 0 fully saturated rings. The summed E-state index contributed by atoms with van der Waals surface area (Å²) in [5.41, 5.74) is 1.89. The highest BCUT2D eigenvalue weighted by Gasteiger charge is 2.04. The average Bonchev–Trinajstić information content (AvgIpc) is 3.32. The summed E-state index contributed by atoms with van der Waals surface area (Å²) in [4.78, 5) is 0. The molecule has 0 aromatic carbocycles. The van der Waals surface area contributed by atoms with Crippen molar-refractivity contribution in [3.63, 3.8) is 0 Å². The zero-order valence-corrected chi connectivity index (χ0v) is 17.0. The Bertz CT molecular complexity index is 628. The molecule has 0 unspecified atom stereocenters. The van der Waals surface area contributed by atoms with Crippen LogP contribution in [-0.2, 0) is 38.2 Å². The van der Waals surface area contributed by atoms with E-state index in [0.29, 0.717) is 46.2 Å². The molecular formula is C20H32N2O6. The zero-order valence-electron chi connectivity index (χ0n) is 17.0. The van der Waals surface area contributed by atoms with Crippen molar-refractivity contribution < 1.29 is 28.0 Å². The van der Waals surface area contributed by atoms with Crippen molar-refractivity contribution in [3.8, 4) is 0 Å². The van der Waals surface area contributed by atoms with E-state index in [1.54, 1.807) is 7.11 Å². The lowest BCUT2D eigenvalue weighted by Crippen LogP contribution is -2.05. The molecule has 8 heteroatoms. The van der Waals surface area contributed by atoms with E-state index in [1.807, 2.05) is 19.1 Å². The minimum absolute atomic E-state index is 0.618. The molecule has 0 bridgehead atoms. The fraction of sp³-hybridized carbons (Fsp3) is 0.700. The lowest BCUT2D eigenvalue weighted by Gasteiger charge is -2.04. The number of rotatable bonds is 17. The van der Waals surface area contributed by atoms with Crippen molar-refractivity contribution in [1.82, 2.24) is 10.3 Å². The molecule has 28 heavy (non-hydrogen) atoms. The highest BCUT2D eigenvalue weighted by atomic mass is 16.5. The zero-order chi connectivity index (χ0) is 19.9. The molecule has 0 atom stereocenters. The third-order valence-corrected chi connectivity index (χ3v) is 4.01. The monoisotopic (exact) mass is 396 g/mol. The van der Waals surface area contributed by atoms with Crippen LogP contribution >= 0.6 is 0 Å². The maximum atomic E-state index is 5.62. The van der Waals surface area contributed by atoms with Crippen LogP contribution in [0.4, 0.5) is 0 Å². The van der Waals surface area contributed by atoms with Crippen LogP contribution in [0.25, 0.3) is 0 Å². The molecule has 158 valence electrons. The third-order valence-electron chi connectivity index (χ3n) is 4.01. The van der Waals surface area contributed by atoms with Crippen LogP contribution in [0, 0.1) is 6.92 Å². The number of aromatic nitrogens is 2. The number of methoxy groups -OCH3 is 1. The Labute approximate surface area is 166 Å². The highest BCUT2D eigenvalue weighted by molar-refractivity contribution is 5.05. The maximum Gasteiger partial charge on any atom is 0.139 e. The Balaban J connectivity index is 1.40. The van der Waals surface area contributed by atoms with E-state index in [2.05, 4.69) is 10.3 Å². The molecule has 0 aliphatic heterocycles. The van der Waals surface area contributed by atoms with Crippen LogP contribution in [0.5, 0.6) is 0 Å². The fourth-order valence-corrected chi connectivity index (χ4v) is 2.54. The van der Waals surface area contributed by atoms with Gasteiger partial charge >= 0.3 is 0 Å². The third kappa shape index (κ3) is 9.98. The molecule has 0 radical (unpaired) electrons. The SMILES string of the molecule is COCCOCCCc1cc(CCOCCCOCCc2cc(C)on2)on1. The predicted octanol–water partition coefficient (Wildman–Crippen LogP) is 2.78. The van der Waals surface area contributed by atoms with Crippen molar-refractivity contribution in [3.05, 3.63) is 35.0 Å². The number of hydrogen-bond acceptors (Lipinski definition) is 8. The minimum Gasteiger partial charge on any atom is -0.382 e. The molecule has 2 rings (SSSR count). The van der Waals surface area contributed by atoms with Gasteiger partial charge in [-0.1, -0.05) is 10.3 Å². The normalized spacial score (nSPS) is 11.4. The summed E-state index contributed by atoms with van der Waals surface area (Å²) < 4.78 is 31.9. The van der Waals surface area contributed by atoms with Crippen molar-refractivity contribution in [2.24, 2.45) is 0 Å². The molecule has 0 aliphatic carbocycles. The van der Waals surface area contributed by atoms with Gasteiger partial charge in [0.1, 0.15) is 11.5 Å². The largest absolute Gasteiger partial charge is 0.382 e. The number of ether oxygens (including phenoxy) is 4. The van der Waals surface area contributed by atoms with Gasteiger partial charge in [0.15, 0.2) is 0 Å². The smallest absolute Gasteiger partial charge is 0.139 e. The Morgan fingerprint density at radius 1 is 0.714 bits per heavy atom. The minimum atomic E-state index is 0.618. The average molecular weight is 396 g/mol. The molecule has 0 N–H and O–H groups in total. The van der Waals surface area contributed by atoms with Crippen molar-refractivity contribution in [1.29, 1.82) is 0 Å². The summed E-state index contributed by atoms with van der Waals surface area (Å²) in [5.74, 6) is 1.68. The maximum absolute atomic E-state index is 5.62. The van der Waals surface area contributed by atoms with Gasteiger partial charge in [0.05, 0.1) is 37.8 Å². The van der Waals surface area contributed by atoms with Crippen molar-refractivity contribution >= 4 is 0 Å². The van der Waals surface area contributed by atoms with E-state index in [4.69, 9.17) is 28.0 Å². The van der Waals surface area contributed by atoms with Crippen molar-refractivity contribution in [2.45, 2.75) is 39.0 Å². The lowest BCUT2D eigenvalue weighted by molar-refractivity contribution is 0.0694. The number of hydrogen-bond donors (Lipinski definition) is 0. The molecule has 0 saturated heterocycles. The summed E-state index contributed by atoms with van der Waals surface area (Å²) in [7, 11) is 1.67. The van der Waals surface area contributed by atoms with Gasteiger partial charge in [-0.3, -0.25) is 0 Å². The highest BCUT2D eigenvalue weighted by Crippen LogP contribution is 2.07. The first-order valence-electron chi connectivity index (χ1n) is 9.86. The quantitative estimate of drug-likeness (QED) is 0.377. The summed E-state index contributed by atoms with van der Waals surface area (Å²) >= 11 is 0. The second-order valence-corrected chi connectivity index (χ2v) is 6.50. The van der Waals surface area contributed by atoms with Crippen LogP contribution in [-0.4, -0.2) is 63.7 Å². The first kappa shape index (κ1) is 22.5. The summed E-state index contributed by atoms with van der Waals surface area (Å²) in [6.45, 7) is 6.45. The number of nitrogens with zero attached hydrogens (tertiary/aromatic N) is 2. The van der Waals surface area contributed by atoms with Gasteiger partial charge in [0, 0.05) is 51.9 Å². The first-order chi connectivity index (χ1) is 13.8. The molecule has 8 nitrogen and oxygen atoms in total. The second kappa shape index (κ2) is 14.3. The molecule has 2 heterocycles. The van der Waals surface area contributed by atoms with E-state index in [1.165, 1.54) is 0 Å². The molecule has 0 aliphatic rings. The molecule has 2 aromatic rings. The van der Waals surface area contributed by atoms with E-state index >= 15 is 0 Å². The van der Waals surface area contributed by atoms with Crippen LogP contribution in [0.1, 0.15) is 35.7 Å². The van der Waals surface area contributed by atoms with Gasteiger partial charge < -0.3 is 28.0 Å². The van der Waals surface area contributed by atoms with Gasteiger partial charge in [-0.05, 0) is 26.2 Å². The van der Waals surface area contributed by atoms with E-state index in [0.717, 1.165) is 55.0 Å². The van der Waals surface area contributed by atoms with Gasteiger partial charge in [-0.25, -0.2) is 0 Å². The summed E-state index contributed by atoms with van der Waals surface area (Å²) in [5, 5.41) is 8.01. The Kier molecular flexibility index (Phi) is 11.5. The topological polar surface area (TPSA) is 89.0 Å². The van der Waals surface area contributed by atoms with Gasteiger partial charge in [0.25, 0.3) is 0 Å². The van der Waals surface area contributed by atoms with Crippen LogP contribution < -0.4 is 0 Å². The molecular weight excluding hydrogens is 364 g/mol. The Morgan fingerprint density at radius 3 is 2.14 bits per heavy atom. The van der Waals surface area contributed by atoms with Crippen LogP contribution in [0.2, 0.25) is 0 Å². The molecule has 2 aromatic heterocycles. The predicted molar refractivity (Wildman–Crippen MR) is 102 cm³/mol. The van der Waals surface area contributed by atoms with Gasteiger partial charge in [0.2, 0.25) is 0 Å². The summed E-state index contributed by atoms with van der Waals surface area (Å²) in [6.07, 6.45) is 4.13. The summed E-state index contributed by atoms with van der Waals surface area (Å²) in [6, 6.07) is 3.92. The fourth-order valence-electron chi connectivity index (χ4n) is 2.54. The van der Waals surface area contributed by atoms with Gasteiger partial charge in [-0.15, -0.1) is 0 Å². The molecule has 0 amide bonds. The van der Waals surface area contributed by atoms with Gasteiger partial charge in [-0.2, -0.15) is 0 Å². The van der Waals surface area contributed by atoms with E-state index in [9.17, 15) is 0 Å².